The minimum atomic E-state index is -0.0428. The molecule has 1 aromatic carbocycles. The van der Waals surface area contributed by atoms with Crippen LogP contribution in [0.4, 0.5) is 11.6 Å². The van der Waals surface area contributed by atoms with Gasteiger partial charge in [0.05, 0.1) is 0 Å². The maximum Gasteiger partial charge on any atom is 0.225 e. The minimum absolute atomic E-state index is 0.0428. The fourth-order valence-electron chi connectivity index (χ4n) is 3.11. The van der Waals surface area contributed by atoms with Crippen LogP contribution in [0.2, 0.25) is 0 Å². The first-order valence-electron chi connectivity index (χ1n) is 8.67. The van der Waals surface area contributed by atoms with Crippen LogP contribution in [0.5, 0.6) is 0 Å². The van der Waals surface area contributed by atoms with Crippen LogP contribution in [0.15, 0.2) is 42.5 Å². The zero-order valence-electron chi connectivity index (χ0n) is 14.1. The molecule has 0 radical (unpaired) electrons. The molecule has 1 saturated heterocycles. The Bertz CT molecular complexity index is 649. The number of carbonyl (C=O) groups excluding carboxylic acids is 1. The standard InChI is InChI=1S/C19H24N4O/c1-2-19(24)20-17-8-9-18(22-21-17)23-12-10-16(11-13-23)14-15-6-4-3-5-7-15/h3-9,16H,2,10-14H2,1H3,(H,20,21,24). The first-order valence-corrected chi connectivity index (χ1v) is 8.67. The summed E-state index contributed by atoms with van der Waals surface area (Å²) in [6.45, 7) is 3.83. The van der Waals surface area contributed by atoms with Crippen LogP contribution in [0.3, 0.4) is 0 Å². The van der Waals surface area contributed by atoms with Crippen molar-refractivity contribution in [1.29, 1.82) is 0 Å². The van der Waals surface area contributed by atoms with Gasteiger partial charge in [-0.3, -0.25) is 4.79 Å². The van der Waals surface area contributed by atoms with E-state index in [0.717, 1.165) is 31.2 Å². The predicted octanol–water partition coefficient (Wildman–Crippen LogP) is 3.28. The highest BCUT2D eigenvalue weighted by molar-refractivity contribution is 5.89. The van der Waals surface area contributed by atoms with Gasteiger partial charge >= 0.3 is 0 Å². The van der Waals surface area contributed by atoms with Gasteiger partial charge in [0.2, 0.25) is 5.91 Å². The molecule has 5 heteroatoms. The number of carbonyl (C=O) groups is 1. The largest absolute Gasteiger partial charge is 0.355 e. The summed E-state index contributed by atoms with van der Waals surface area (Å²) in [6.07, 6.45) is 3.94. The number of nitrogens with one attached hydrogen (secondary N) is 1. The molecule has 0 atom stereocenters. The molecule has 3 rings (SSSR count). The van der Waals surface area contributed by atoms with Crippen molar-refractivity contribution in [2.24, 2.45) is 5.92 Å². The fourth-order valence-corrected chi connectivity index (χ4v) is 3.11. The maximum atomic E-state index is 11.4. The van der Waals surface area contributed by atoms with Gasteiger partial charge in [-0.2, -0.15) is 0 Å². The number of hydrogen-bond donors (Lipinski definition) is 1. The normalized spacial score (nSPS) is 15.3. The number of benzene rings is 1. The van der Waals surface area contributed by atoms with Crippen LogP contribution in [0.1, 0.15) is 31.7 Å². The highest BCUT2D eigenvalue weighted by Crippen LogP contribution is 2.24. The van der Waals surface area contributed by atoms with E-state index in [1.54, 1.807) is 0 Å². The molecule has 2 aromatic rings. The van der Waals surface area contributed by atoms with Gasteiger partial charge in [0.1, 0.15) is 0 Å². The van der Waals surface area contributed by atoms with E-state index in [9.17, 15) is 4.79 Å². The number of anilines is 2. The number of amides is 1. The van der Waals surface area contributed by atoms with Crippen LogP contribution in [0, 0.1) is 5.92 Å². The fraction of sp³-hybridized carbons (Fsp3) is 0.421. The number of hydrogen-bond acceptors (Lipinski definition) is 4. The second-order valence-electron chi connectivity index (χ2n) is 6.30. The van der Waals surface area contributed by atoms with E-state index < -0.39 is 0 Å². The van der Waals surface area contributed by atoms with Crippen LogP contribution >= 0.6 is 0 Å². The van der Waals surface area contributed by atoms with E-state index in [1.807, 2.05) is 19.1 Å². The summed E-state index contributed by atoms with van der Waals surface area (Å²) in [5, 5.41) is 11.1. The van der Waals surface area contributed by atoms with Gasteiger partial charge in [0, 0.05) is 19.5 Å². The van der Waals surface area contributed by atoms with Gasteiger partial charge in [-0.05, 0) is 42.9 Å². The summed E-state index contributed by atoms with van der Waals surface area (Å²) >= 11 is 0. The highest BCUT2D eigenvalue weighted by atomic mass is 16.1. The van der Waals surface area contributed by atoms with Gasteiger partial charge in [-0.1, -0.05) is 37.3 Å². The van der Waals surface area contributed by atoms with Crippen LogP contribution < -0.4 is 10.2 Å². The zero-order chi connectivity index (χ0) is 16.8. The molecule has 1 amide bonds. The van der Waals surface area contributed by atoms with Crippen molar-refractivity contribution in [3.05, 3.63) is 48.0 Å². The molecule has 1 N–H and O–H groups in total. The summed E-state index contributed by atoms with van der Waals surface area (Å²) in [6, 6.07) is 14.5. The van der Waals surface area contributed by atoms with Crippen molar-refractivity contribution in [3.63, 3.8) is 0 Å². The van der Waals surface area contributed by atoms with Gasteiger partial charge in [0.15, 0.2) is 11.6 Å². The molecule has 24 heavy (non-hydrogen) atoms. The van der Waals surface area contributed by atoms with Gasteiger partial charge in [-0.25, -0.2) is 0 Å². The summed E-state index contributed by atoms with van der Waals surface area (Å²) in [4.78, 5) is 13.6. The van der Waals surface area contributed by atoms with E-state index in [2.05, 4.69) is 50.7 Å². The quantitative estimate of drug-likeness (QED) is 0.917. The summed E-state index contributed by atoms with van der Waals surface area (Å²) in [5.41, 5.74) is 1.42. The number of nitrogens with zero attached hydrogens (tertiary/aromatic N) is 3. The Morgan fingerprint density at radius 3 is 2.50 bits per heavy atom. The predicted molar refractivity (Wildman–Crippen MR) is 96.0 cm³/mol. The lowest BCUT2D eigenvalue weighted by atomic mass is 9.90. The molecule has 2 heterocycles. The van der Waals surface area contributed by atoms with Gasteiger partial charge < -0.3 is 10.2 Å². The molecule has 0 saturated carbocycles. The number of aromatic nitrogens is 2. The molecular formula is C19H24N4O. The Balaban J connectivity index is 1.52. The SMILES string of the molecule is CCC(=O)Nc1ccc(N2CCC(Cc3ccccc3)CC2)nn1. The van der Waals surface area contributed by atoms with Crippen molar-refractivity contribution in [1.82, 2.24) is 10.2 Å². The summed E-state index contributed by atoms with van der Waals surface area (Å²) in [5.74, 6) is 2.10. The lowest BCUT2D eigenvalue weighted by molar-refractivity contribution is -0.115. The van der Waals surface area contributed by atoms with Crippen molar-refractivity contribution < 1.29 is 4.79 Å². The van der Waals surface area contributed by atoms with E-state index in [-0.39, 0.29) is 5.91 Å². The lowest BCUT2D eigenvalue weighted by Crippen LogP contribution is -2.35. The highest BCUT2D eigenvalue weighted by Gasteiger charge is 2.20. The molecule has 0 unspecified atom stereocenters. The van der Waals surface area contributed by atoms with Gasteiger partial charge in [-0.15, -0.1) is 10.2 Å². The molecular weight excluding hydrogens is 300 g/mol. The second kappa shape index (κ2) is 7.90. The van der Waals surface area contributed by atoms with Crippen LogP contribution in [-0.2, 0) is 11.2 Å². The zero-order valence-corrected chi connectivity index (χ0v) is 14.1. The molecule has 0 aliphatic carbocycles. The van der Waals surface area contributed by atoms with Crippen LogP contribution in [0.25, 0.3) is 0 Å². The first-order chi connectivity index (χ1) is 11.7. The Morgan fingerprint density at radius 2 is 1.88 bits per heavy atom. The maximum absolute atomic E-state index is 11.4. The van der Waals surface area contributed by atoms with Crippen molar-refractivity contribution in [2.75, 3.05) is 23.3 Å². The molecule has 126 valence electrons. The Kier molecular flexibility index (Phi) is 5.41. The second-order valence-corrected chi connectivity index (χ2v) is 6.30. The third kappa shape index (κ3) is 4.31. The molecule has 5 nitrogen and oxygen atoms in total. The Hall–Kier alpha value is -2.43. The number of piperidine rings is 1. The Labute approximate surface area is 143 Å². The molecule has 1 fully saturated rings. The van der Waals surface area contributed by atoms with E-state index in [0.29, 0.717) is 12.2 Å². The smallest absolute Gasteiger partial charge is 0.225 e. The Morgan fingerprint density at radius 1 is 1.12 bits per heavy atom. The average Bonchev–Trinajstić information content (AvgIpc) is 2.64. The number of rotatable bonds is 5. The first kappa shape index (κ1) is 16.4. The molecule has 1 aliphatic rings. The van der Waals surface area contributed by atoms with Crippen molar-refractivity contribution in [3.8, 4) is 0 Å². The van der Waals surface area contributed by atoms with E-state index in [1.165, 1.54) is 18.4 Å². The molecule has 1 aliphatic heterocycles. The molecule has 1 aromatic heterocycles. The van der Waals surface area contributed by atoms with E-state index >= 15 is 0 Å². The van der Waals surface area contributed by atoms with Gasteiger partial charge in [0.25, 0.3) is 0 Å². The van der Waals surface area contributed by atoms with Crippen LogP contribution in [-0.4, -0.2) is 29.2 Å². The average molecular weight is 324 g/mol. The topological polar surface area (TPSA) is 58.1 Å². The summed E-state index contributed by atoms with van der Waals surface area (Å²) in [7, 11) is 0. The molecule has 0 bridgehead atoms. The third-order valence-corrected chi connectivity index (χ3v) is 4.54. The lowest BCUT2D eigenvalue weighted by Gasteiger charge is -2.32. The van der Waals surface area contributed by atoms with Crippen molar-refractivity contribution in [2.45, 2.75) is 32.6 Å². The minimum Gasteiger partial charge on any atom is -0.355 e. The van der Waals surface area contributed by atoms with E-state index in [4.69, 9.17) is 0 Å². The summed E-state index contributed by atoms with van der Waals surface area (Å²) < 4.78 is 0. The molecule has 0 spiro atoms. The van der Waals surface area contributed by atoms with Crippen molar-refractivity contribution >= 4 is 17.5 Å². The monoisotopic (exact) mass is 324 g/mol. The third-order valence-electron chi connectivity index (χ3n) is 4.54.